The Kier molecular flexibility index (Phi) is 15.6. The van der Waals surface area contributed by atoms with E-state index >= 15 is 0 Å². The lowest BCUT2D eigenvalue weighted by Crippen LogP contribution is -2.30. The monoisotopic (exact) mass is 714 g/mol. The number of pyridine rings is 2. The van der Waals surface area contributed by atoms with Crippen molar-refractivity contribution in [3.05, 3.63) is 90.1 Å². The number of rotatable bonds is 12. The molecule has 0 radical (unpaired) electrons. The minimum Gasteiger partial charge on any atom is -0.495 e. The summed E-state index contributed by atoms with van der Waals surface area (Å²) in [5.41, 5.74) is 4.23. The summed E-state index contributed by atoms with van der Waals surface area (Å²) >= 11 is 0. The number of halogens is 6. The zero-order valence-electron chi connectivity index (χ0n) is 26.5. The molecule has 4 rings (SSSR count). The van der Waals surface area contributed by atoms with Crippen molar-refractivity contribution in [2.24, 2.45) is 0 Å². The molecular formula is C31H32F6N6O7. The zero-order valence-corrected chi connectivity index (χ0v) is 26.5. The van der Waals surface area contributed by atoms with E-state index in [9.17, 15) is 31.1 Å². The molecule has 1 amide bonds. The minimum absolute atomic E-state index is 0.176. The minimum atomic E-state index is -5.08. The molecule has 270 valence electrons. The van der Waals surface area contributed by atoms with Crippen LogP contribution in [0.3, 0.4) is 0 Å². The Morgan fingerprint density at radius 2 is 1.28 bits per heavy atom. The molecule has 50 heavy (non-hydrogen) atoms. The zero-order chi connectivity index (χ0) is 37.3. The fraction of sp³-hybridized carbons (Fsp3) is 0.290. The molecule has 0 aliphatic rings. The van der Waals surface area contributed by atoms with Crippen LogP contribution in [0.1, 0.15) is 28.0 Å². The first-order valence-corrected chi connectivity index (χ1v) is 14.2. The summed E-state index contributed by atoms with van der Waals surface area (Å²) in [6, 6.07) is 15.5. The standard InChI is InChI=1S/C27H30N6O3.2C2HF3O2/c1-35-23-11-20(14-28-16-23)18-33(19-21-12-24(36-2)17-29-15-21)10-6-9-30-27(34)26-13-25(31-32-26)22-7-4-3-5-8-22;2*3-2(4,5)1(6)7/h3-5,7-8,11-17H,6,9-10,18-19H2,1-2H3,(H,30,34)(H,31,32);2*(H,6,7). The predicted octanol–water partition coefficient (Wildman–Crippen LogP) is 4.97. The number of aliphatic carboxylic acids is 2. The van der Waals surface area contributed by atoms with Crippen molar-refractivity contribution in [2.45, 2.75) is 31.9 Å². The largest absolute Gasteiger partial charge is 0.495 e. The van der Waals surface area contributed by atoms with Gasteiger partial charge in [0.05, 0.1) is 32.3 Å². The second-order valence-corrected chi connectivity index (χ2v) is 9.92. The highest BCUT2D eigenvalue weighted by molar-refractivity contribution is 5.93. The van der Waals surface area contributed by atoms with Gasteiger partial charge in [-0.25, -0.2) is 9.59 Å². The second kappa shape index (κ2) is 19.3. The number of carboxylic acids is 2. The number of aromatic nitrogens is 4. The van der Waals surface area contributed by atoms with Gasteiger partial charge in [-0.1, -0.05) is 30.3 Å². The molecule has 0 unspecified atom stereocenters. The van der Waals surface area contributed by atoms with Crippen LogP contribution in [-0.4, -0.2) is 92.8 Å². The van der Waals surface area contributed by atoms with Crippen LogP contribution in [0, 0.1) is 0 Å². The summed E-state index contributed by atoms with van der Waals surface area (Å²) in [6.07, 6.45) is -2.35. The van der Waals surface area contributed by atoms with Crippen molar-refractivity contribution >= 4 is 17.8 Å². The van der Waals surface area contributed by atoms with Crippen LogP contribution in [0.15, 0.2) is 73.3 Å². The van der Waals surface area contributed by atoms with Gasteiger partial charge in [0.15, 0.2) is 0 Å². The van der Waals surface area contributed by atoms with Crippen molar-refractivity contribution in [1.82, 2.24) is 30.4 Å². The first-order valence-electron chi connectivity index (χ1n) is 14.2. The summed E-state index contributed by atoms with van der Waals surface area (Å²) in [5, 5.41) is 24.3. The van der Waals surface area contributed by atoms with Gasteiger partial charge < -0.3 is 25.0 Å². The quantitative estimate of drug-likeness (QED) is 0.115. The Morgan fingerprint density at radius 3 is 1.72 bits per heavy atom. The number of nitrogens with zero attached hydrogens (tertiary/aromatic N) is 4. The number of methoxy groups -OCH3 is 2. The van der Waals surface area contributed by atoms with Gasteiger partial charge in [-0.2, -0.15) is 31.4 Å². The van der Waals surface area contributed by atoms with Gasteiger partial charge in [0.1, 0.15) is 17.2 Å². The highest BCUT2D eigenvalue weighted by atomic mass is 19.4. The third-order valence-electron chi connectivity index (χ3n) is 6.14. The number of carbonyl (C=O) groups is 3. The molecule has 0 atom stereocenters. The summed E-state index contributed by atoms with van der Waals surface area (Å²) < 4.78 is 74.1. The van der Waals surface area contributed by atoms with Gasteiger partial charge in [0.25, 0.3) is 5.91 Å². The van der Waals surface area contributed by atoms with E-state index in [2.05, 4.69) is 30.4 Å². The van der Waals surface area contributed by atoms with Crippen LogP contribution in [0.4, 0.5) is 26.3 Å². The maximum Gasteiger partial charge on any atom is 0.490 e. The van der Waals surface area contributed by atoms with Crippen LogP contribution >= 0.6 is 0 Å². The predicted molar refractivity (Wildman–Crippen MR) is 164 cm³/mol. The molecule has 0 aliphatic heterocycles. The maximum atomic E-state index is 12.6. The Hall–Kier alpha value is -5.72. The SMILES string of the molecule is COc1cncc(CN(CCCNC(=O)c2cc(-c3ccccc3)n[nH]2)Cc2cncc(OC)c2)c1.O=C(O)C(F)(F)F.O=C(O)C(F)(F)F. The average Bonchev–Trinajstić information content (AvgIpc) is 3.58. The molecule has 13 nitrogen and oxygen atoms in total. The van der Waals surface area contributed by atoms with Crippen LogP contribution in [0.25, 0.3) is 11.3 Å². The van der Waals surface area contributed by atoms with E-state index in [1.165, 1.54) is 0 Å². The van der Waals surface area contributed by atoms with Crippen molar-refractivity contribution in [2.75, 3.05) is 27.3 Å². The van der Waals surface area contributed by atoms with Crippen molar-refractivity contribution in [1.29, 1.82) is 0 Å². The molecule has 0 bridgehead atoms. The van der Waals surface area contributed by atoms with Gasteiger partial charge >= 0.3 is 24.3 Å². The molecule has 0 aliphatic carbocycles. The van der Waals surface area contributed by atoms with E-state index in [1.54, 1.807) is 32.7 Å². The fourth-order valence-electron chi connectivity index (χ4n) is 3.85. The topological polar surface area (TPSA) is 180 Å². The molecule has 3 aromatic heterocycles. The van der Waals surface area contributed by atoms with Gasteiger partial charge in [-0.05, 0) is 35.7 Å². The smallest absolute Gasteiger partial charge is 0.490 e. The molecule has 0 saturated carbocycles. The highest BCUT2D eigenvalue weighted by Gasteiger charge is 2.38. The van der Waals surface area contributed by atoms with Gasteiger partial charge in [-0.3, -0.25) is 24.8 Å². The lowest BCUT2D eigenvalue weighted by atomic mass is 10.1. The molecule has 1 aromatic carbocycles. The normalized spacial score (nSPS) is 11.0. The third-order valence-corrected chi connectivity index (χ3v) is 6.14. The van der Waals surface area contributed by atoms with Gasteiger partial charge in [0.2, 0.25) is 0 Å². The number of ether oxygens (including phenoxy) is 2. The highest BCUT2D eigenvalue weighted by Crippen LogP contribution is 2.19. The first kappa shape index (κ1) is 40.5. The number of carboxylic acid groups (broad SMARTS) is 2. The van der Waals surface area contributed by atoms with E-state index in [1.807, 2.05) is 54.9 Å². The van der Waals surface area contributed by atoms with E-state index in [4.69, 9.17) is 29.3 Å². The van der Waals surface area contributed by atoms with Gasteiger partial charge in [0, 0.05) is 44.1 Å². The number of alkyl halides is 6. The van der Waals surface area contributed by atoms with Crippen molar-refractivity contribution in [3.8, 4) is 22.8 Å². The number of carbonyl (C=O) groups excluding carboxylic acids is 1. The van der Waals surface area contributed by atoms with Crippen molar-refractivity contribution < 1.29 is 60.4 Å². The van der Waals surface area contributed by atoms with Gasteiger partial charge in [-0.15, -0.1) is 0 Å². The number of hydrogen-bond donors (Lipinski definition) is 4. The first-order chi connectivity index (χ1) is 23.5. The van der Waals surface area contributed by atoms with Crippen molar-refractivity contribution in [3.63, 3.8) is 0 Å². The van der Waals surface area contributed by atoms with E-state index in [0.29, 0.717) is 25.3 Å². The summed E-state index contributed by atoms with van der Waals surface area (Å²) in [7, 11) is 3.26. The molecule has 0 saturated heterocycles. The number of hydrogen-bond acceptors (Lipinski definition) is 9. The lowest BCUT2D eigenvalue weighted by molar-refractivity contribution is -0.193. The lowest BCUT2D eigenvalue weighted by Gasteiger charge is -2.23. The molecular weight excluding hydrogens is 682 g/mol. The maximum absolute atomic E-state index is 12.6. The van der Waals surface area contributed by atoms with E-state index < -0.39 is 24.3 Å². The summed E-state index contributed by atoms with van der Waals surface area (Å²) in [6.45, 7) is 2.64. The number of amides is 1. The molecule has 19 heteroatoms. The summed E-state index contributed by atoms with van der Waals surface area (Å²) in [5.74, 6) is -4.25. The second-order valence-electron chi connectivity index (χ2n) is 9.92. The van der Waals surface area contributed by atoms with Crippen LogP contribution < -0.4 is 14.8 Å². The fourth-order valence-corrected chi connectivity index (χ4v) is 3.85. The van der Waals surface area contributed by atoms with Crippen LogP contribution in [0.5, 0.6) is 11.5 Å². The average molecular weight is 715 g/mol. The van der Waals surface area contributed by atoms with Crippen LogP contribution in [0.2, 0.25) is 0 Å². The van der Waals surface area contributed by atoms with E-state index in [-0.39, 0.29) is 5.91 Å². The Bertz CT molecular complexity index is 1600. The molecule has 0 spiro atoms. The van der Waals surface area contributed by atoms with E-state index in [0.717, 1.165) is 46.8 Å². The molecule has 3 heterocycles. The molecule has 4 N–H and O–H groups in total. The van der Waals surface area contributed by atoms with Crippen LogP contribution in [-0.2, 0) is 22.7 Å². The number of aromatic amines is 1. The Labute approximate surface area is 280 Å². The Balaban J connectivity index is 0.000000521. The third kappa shape index (κ3) is 14.6. The number of nitrogens with one attached hydrogen (secondary N) is 2. The summed E-state index contributed by atoms with van der Waals surface area (Å²) in [4.78, 5) is 41.2. The molecule has 4 aromatic rings. The number of benzene rings is 1. The number of H-pyrrole nitrogens is 1. The Morgan fingerprint density at radius 1 is 0.800 bits per heavy atom. The molecule has 0 fully saturated rings.